The Morgan fingerprint density at radius 1 is 1.46 bits per heavy atom. The SMILES string of the molecule is CC(C)(N)C(CC(=O)O)C(F)(F)F. The molecule has 0 bridgehead atoms. The lowest BCUT2D eigenvalue weighted by molar-refractivity contribution is -0.195. The second-order valence-corrected chi connectivity index (χ2v) is 3.51. The molecule has 0 fully saturated rings. The van der Waals surface area contributed by atoms with Gasteiger partial charge in [0.15, 0.2) is 0 Å². The number of hydrogen-bond acceptors (Lipinski definition) is 2. The van der Waals surface area contributed by atoms with E-state index in [4.69, 9.17) is 10.8 Å². The first-order valence-electron chi connectivity index (χ1n) is 3.62. The van der Waals surface area contributed by atoms with Gasteiger partial charge in [-0.3, -0.25) is 4.79 Å². The second kappa shape index (κ2) is 3.53. The van der Waals surface area contributed by atoms with Crippen molar-refractivity contribution in [2.75, 3.05) is 0 Å². The zero-order valence-corrected chi connectivity index (χ0v) is 7.35. The third-order valence-corrected chi connectivity index (χ3v) is 1.67. The van der Waals surface area contributed by atoms with Gasteiger partial charge in [-0.25, -0.2) is 0 Å². The van der Waals surface area contributed by atoms with Crippen LogP contribution in [0, 0.1) is 5.92 Å². The molecular weight excluding hydrogens is 187 g/mol. The van der Waals surface area contributed by atoms with Crippen molar-refractivity contribution in [3.05, 3.63) is 0 Å². The van der Waals surface area contributed by atoms with Crippen LogP contribution in [0.25, 0.3) is 0 Å². The normalized spacial score (nSPS) is 15.5. The molecule has 3 N–H and O–H groups in total. The quantitative estimate of drug-likeness (QED) is 0.721. The smallest absolute Gasteiger partial charge is 0.394 e. The number of hydrogen-bond donors (Lipinski definition) is 2. The van der Waals surface area contributed by atoms with E-state index in [2.05, 4.69) is 0 Å². The summed E-state index contributed by atoms with van der Waals surface area (Å²) >= 11 is 0. The van der Waals surface area contributed by atoms with Crippen molar-refractivity contribution in [1.82, 2.24) is 0 Å². The van der Waals surface area contributed by atoms with Gasteiger partial charge < -0.3 is 10.8 Å². The number of aliphatic carboxylic acids is 1. The Kier molecular flexibility index (Phi) is 3.32. The summed E-state index contributed by atoms with van der Waals surface area (Å²) in [7, 11) is 0. The minimum atomic E-state index is -4.57. The van der Waals surface area contributed by atoms with Crippen molar-refractivity contribution < 1.29 is 23.1 Å². The van der Waals surface area contributed by atoms with E-state index in [1.807, 2.05) is 0 Å². The fraction of sp³-hybridized carbons (Fsp3) is 0.857. The number of carbonyl (C=O) groups is 1. The summed E-state index contributed by atoms with van der Waals surface area (Å²) in [6.07, 6.45) is -5.57. The fourth-order valence-corrected chi connectivity index (χ4v) is 0.975. The van der Waals surface area contributed by atoms with E-state index < -0.39 is 30.0 Å². The molecule has 0 saturated heterocycles. The van der Waals surface area contributed by atoms with Crippen LogP contribution in [0.1, 0.15) is 20.3 Å². The summed E-state index contributed by atoms with van der Waals surface area (Å²) in [5.41, 5.74) is 3.66. The van der Waals surface area contributed by atoms with E-state index in [0.717, 1.165) is 13.8 Å². The van der Waals surface area contributed by atoms with E-state index in [1.54, 1.807) is 0 Å². The Labute approximate surface area is 73.7 Å². The minimum Gasteiger partial charge on any atom is -0.481 e. The minimum absolute atomic E-state index is 0.993. The number of carboxylic acids is 1. The zero-order valence-electron chi connectivity index (χ0n) is 7.35. The molecule has 0 spiro atoms. The van der Waals surface area contributed by atoms with Crippen LogP contribution in [0.2, 0.25) is 0 Å². The first-order valence-corrected chi connectivity index (χ1v) is 3.62. The number of halogens is 3. The Hall–Kier alpha value is -0.780. The van der Waals surface area contributed by atoms with Gasteiger partial charge in [0, 0.05) is 5.54 Å². The maximum Gasteiger partial charge on any atom is 0.394 e. The lowest BCUT2D eigenvalue weighted by atomic mass is 9.85. The maximum absolute atomic E-state index is 12.2. The van der Waals surface area contributed by atoms with Crippen LogP contribution >= 0.6 is 0 Å². The summed E-state index contributed by atoms with van der Waals surface area (Å²) in [6, 6.07) is 0. The molecule has 0 rings (SSSR count). The lowest BCUT2D eigenvalue weighted by Gasteiger charge is -2.30. The monoisotopic (exact) mass is 199 g/mol. The highest BCUT2D eigenvalue weighted by Gasteiger charge is 2.48. The van der Waals surface area contributed by atoms with Crippen molar-refractivity contribution in [2.45, 2.75) is 32.0 Å². The molecule has 0 amide bonds. The molecule has 0 heterocycles. The molecular formula is C7H12F3NO2. The van der Waals surface area contributed by atoms with Crippen molar-refractivity contribution in [3.63, 3.8) is 0 Å². The molecule has 0 aromatic carbocycles. The molecule has 13 heavy (non-hydrogen) atoms. The van der Waals surface area contributed by atoms with Gasteiger partial charge >= 0.3 is 12.1 Å². The van der Waals surface area contributed by atoms with Gasteiger partial charge in [0.2, 0.25) is 0 Å². The molecule has 0 aliphatic carbocycles. The molecule has 1 atom stereocenters. The van der Waals surface area contributed by atoms with Crippen LogP contribution in [-0.2, 0) is 4.79 Å². The Morgan fingerprint density at radius 3 is 1.92 bits per heavy atom. The average molecular weight is 199 g/mol. The Balaban J connectivity index is 4.68. The van der Waals surface area contributed by atoms with Gasteiger partial charge in [0.05, 0.1) is 12.3 Å². The number of rotatable bonds is 3. The van der Waals surface area contributed by atoms with Gasteiger partial charge in [-0.05, 0) is 13.8 Å². The summed E-state index contributed by atoms with van der Waals surface area (Å²) in [5, 5.41) is 8.26. The molecule has 6 heteroatoms. The van der Waals surface area contributed by atoms with E-state index in [1.165, 1.54) is 0 Å². The number of carboxylic acid groups (broad SMARTS) is 1. The van der Waals surface area contributed by atoms with Crippen LogP contribution in [-0.4, -0.2) is 22.8 Å². The lowest BCUT2D eigenvalue weighted by Crippen LogP contribution is -2.49. The Bertz CT molecular complexity index is 181. The highest BCUT2D eigenvalue weighted by Crippen LogP contribution is 2.35. The predicted molar refractivity (Wildman–Crippen MR) is 40.1 cm³/mol. The van der Waals surface area contributed by atoms with Gasteiger partial charge in [0.25, 0.3) is 0 Å². The van der Waals surface area contributed by atoms with E-state index >= 15 is 0 Å². The van der Waals surface area contributed by atoms with Crippen molar-refractivity contribution >= 4 is 5.97 Å². The number of alkyl halides is 3. The van der Waals surface area contributed by atoms with Crippen molar-refractivity contribution in [1.29, 1.82) is 0 Å². The largest absolute Gasteiger partial charge is 0.481 e. The van der Waals surface area contributed by atoms with E-state index in [9.17, 15) is 18.0 Å². The van der Waals surface area contributed by atoms with E-state index in [0.29, 0.717) is 0 Å². The standard InChI is InChI=1S/C7H12F3NO2/c1-6(2,11)4(3-5(12)13)7(8,9)10/h4H,3,11H2,1-2H3,(H,12,13). The topological polar surface area (TPSA) is 63.3 Å². The molecule has 1 unspecified atom stereocenters. The molecule has 0 aliphatic rings. The summed E-state index contributed by atoms with van der Waals surface area (Å²) < 4.78 is 36.7. The predicted octanol–water partition coefficient (Wildman–Crippen LogP) is 1.38. The highest BCUT2D eigenvalue weighted by molar-refractivity contribution is 5.67. The third-order valence-electron chi connectivity index (χ3n) is 1.67. The second-order valence-electron chi connectivity index (χ2n) is 3.51. The molecule has 0 aromatic rings. The molecule has 0 radical (unpaired) electrons. The molecule has 78 valence electrons. The number of nitrogens with two attached hydrogens (primary N) is 1. The van der Waals surface area contributed by atoms with Crippen LogP contribution in [0.3, 0.4) is 0 Å². The third kappa shape index (κ3) is 4.12. The summed E-state index contributed by atoms with van der Waals surface area (Å²) in [6.45, 7) is 2.32. The van der Waals surface area contributed by atoms with Crippen molar-refractivity contribution in [2.24, 2.45) is 11.7 Å². The van der Waals surface area contributed by atoms with E-state index in [-0.39, 0.29) is 0 Å². The zero-order chi connectivity index (χ0) is 10.9. The van der Waals surface area contributed by atoms with Gasteiger partial charge in [-0.2, -0.15) is 13.2 Å². The molecule has 3 nitrogen and oxygen atoms in total. The molecule has 0 saturated carbocycles. The van der Waals surface area contributed by atoms with Gasteiger partial charge in [-0.15, -0.1) is 0 Å². The average Bonchev–Trinajstić information content (AvgIpc) is 1.77. The first kappa shape index (κ1) is 12.2. The molecule has 0 aromatic heterocycles. The molecule has 0 aliphatic heterocycles. The van der Waals surface area contributed by atoms with Crippen LogP contribution < -0.4 is 5.73 Å². The van der Waals surface area contributed by atoms with Gasteiger partial charge in [0.1, 0.15) is 0 Å². The Morgan fingerprint density at radius 2 is 1.85 bits per heavy atom. The van der Waals surface area contributed by atoms with Crippen LogP contribution in [0.4, 0.5) is 13.2 Å². The summed E-state index contributed by atoms with van der Waals surface area (Å²) in [4.78, 5) is 10.1. The van der Waals surface area contributed by atoms with Crippen LogP contribution in [0.5, 0.6) is 0 Å². The van der Waals surface area contributed by atoms with Gasteiger partial charge in [-0.1, -0.05) is 0 Å². The summed E-state index contributed by atoms with van der Waals surface area (Å²) in [5.74, 6) is -3.52. The fourth-order valence-electron chi connectivity index (χ4n) is 0.975. The van der Waals surface area contributed by atoms with Crippen LogP contribution in [0.15, 0.2) is 0 Å². The first-order chi connectivity index (χ1) is 5.55. The maximum atomic E-state index is 12.2. The van der Waals surface area contributed by atoms with Crippen molar-refractivity contribution in [3.8, 4) is 0 Å². The highest BCUT2D eigenvalue weighted by atomic mass is 19.4.